The van der Waals surface area contributed by atoms with Gasteiger partial charge in [-0.2, -0.15) is 5.10 Å². The lowest BCUT2D eigenvalue weighted by Crippen LogP contribution is -2.32. The number of hydrogen-bond acceptors (Lipinski definition) is 4. The molecular formula is C25H26ClN3O3. The first kappa shape index (κ1) is 20.9. The summed E-state index contributed by atoms with van der Waals surface area (Å²) in [7, 11) is 0. The fraction of sp³-hybridized carbons (Fsp3) is 0.360. The Kier molecular flexibility index (Phi) is 5.79. The Bertz CT molecular complexity index is 1100. The number of aromatic amines is 1. The summed E-state index contributed by atoms with van der Waals surface area (Å²) in [6, 6.07) is 17.0. The SMILES string of the molecule is CCOc1ccccc1-c1cc(C(=O)N2C[C@@H]3CC[C@H](Oc4ccc(Cl)cc4)[C@@H]3C2)[nH]n1. The van der Waals surface area contributed by atoms with Crippen LogP contribution in [-0.2, 0) is 0 Å². The highest BCUT2D eigenvalue weighted by Gasteiger charge is 2.45. The van der Waals surface area contributed by atoms with E-state index in [1.165, 1.54) is 0 Å². The lowest BCUT2D eigenvalue weighted by atomic mass is 9.99. The van der Waals surface area contributed by atoms with Crippen LogP contribution in [-0.4, -0.2) is 46.8 Å². The number of hydrogen-bond donors (Lipinski definition) is 1. The Morgan fingerprint density at radius 2 is 1.97 bits per heavy atom. The van der Waals surface area contributed by atoms with Crippen LogP contribution in [0.1, 0.15) is 30.3 Å². The van der Waals surface area contributed by atoms with Gasteiger partial charge in [-0.25, -0.2) is 0 Å². The molecule has 1 aliphatic carbocycles. The van der Waals surface area contributed by atoms with Gasteiger partial charge in [-0.05, 0) is 68.1 Å². The highest BCUT2D eigenvalue weighted by atomic mass is 35.5. The van der Waals surface area contributed by atoms with E-state index in [4.69, 9.17) is 21.1 Å². The molecular weight excluding hydrogens is 426 g/mol. The van der Waals surface area contributed by atoms with Crippen LogP contribution in [0.4, 0.5) is 0 Å². The highest BCUT2D eigenvalue weighted by Crippen LogP contribution is 2.41. The Morgan fingerprint density at radius 3 is 2.78 bits per heavy atom. The van der Waals surface area contributed by atoms with E-state index in [0.717, 1.165) is 36.4 Å². The lowest BCUT2D eigenvalue weighted by Gasteiger charge is -2.21. The van der Waals surface area contributed by atoms with Gasteiger partial charge < -0.3 is 14.4 Å². The number of aromatic nitrogens is 2. The van der Waals surface area contributed by atoms with Gasteiger partial charge in [0.2, 0.25) is 0 Å². The molecule has 2 aromatic carbocycles. The molecule has 1 aromatic heterocycles. The molecule has 5 rings (SSSR count). The molecule has 6 nitrogen and oxygen atoms in total. The van der Waals surface area contributed by atoms with Crippen molar-refractivity contribution in [1.82, 2.24) is 15.1 Å². The normalized spacial score (nSPS) is 22.1. The molecule has 1 saturated heterocycles. The number of fused-ring (bicyclic) bond motifs is 1. The maximum Gasteiger partial charge on any atom is 0.271 e. The number of ether oxygens (including phenoxy) is 2. The van der Waals surface area contributed by atoms with Crippen molar-refractivity contribution >= 4 is 17.5 Å². The van der Waals surface area contributed by atoms with Crippen molar-refractivity contribution in [2.75, 3.05) is 19.7 Å². The van der Waals surface area contributed by atoms with Crippen molar-refractivity contribution in [3.63, 3.8) is 0 Å². The minimum atomic E-state index is -0.0164. The Labute approximate surface area is 192 Å². The van der Waals surface area contributed by atoms with Crippen molar-refractivity contribution in [3.8, 4) is 22.8 Å². The van der Waals surface area contributed by atoms with Gasteiger partial charge in [0.15, 0.2) is 0 Å². The van der Waals surface area contributed by atoms with Gasteiger partial charge in [-0.15, -0.1) is 0 Å². The number of halogens is 1. The van der Waals surface area contributed by atoms with Gasteiger partial charge in [-0.1, -0.05) is 23.7 Å². The van der Waals surface area contributed by atoms with Crippen LogP contribution in [0.25, 0.3) is 11.3 Å². The van der Waals surface area contributed by atoms with Crippen LogP contribution in [0.3, 0.4) is 0 Å². The Morgan fingerprint density at radius 1 is 1.16 bits per heavy atom. The summed E-state index contributed by atoms with van der Waals surface area (Å²) in [5.74, 6) is 2.39. The summed E-state index contributed by atoms with van der Waals surface area (Å²) in [5.41, 5.74) is 2.08. The van der Waals surface area contributed by atoms with Gasteiger partial charge in [0.1, 0.15) is 23.3 Å². The van der Waals surface area contributed by atoms with E-state index in [1.807, 2.05) is 66.4 Å². The van der Waals surface area contributed by atoms with Gasteiger partial charge >= 0.3 is 0 Å². The maximum atomic E-state index is 13.2. The van der Waals surface area contributed by atoms with Gasteiger partial charge in [0.05, 0.1) is 12.3 Å². The minimum absolute atomic E-state index is 0.0164. The zero-order valence-corrected chi connectivity index (χ0v) is 18.7. The van der Waals surface area contributed by atoms with Crippen LogP contribution in [0.15, 0.2) is 54.6 Å². The zero-order chi connectivity index (χ0) is 22.1. The van der Waals surface area contributed by atoms with E-state index >= 15 is 0 Å². The number of benzene rings is 2. The third kappa shape index (κ3) is 4.07. The first-order valence-electron chi connectivity index (χ1n) is 11.1. The average Bonchev–Trinajstić information content (AvgIpc) is 3.53. The van der Waals surface area contributed by atoms with E-state index in [1.54, 1.807) is 0 Å². The predicted octanol–water partition coefficient (Wildman–Crippen LogP) is 5.06. The smallest absolute Gasteiger partial charge is 0.271 e. The molecule has 2 aliphatic rings. The number of carbonyl (C=O) groups is 1. The van der Waals surface area contributed by atoms with Crippen molar-refractivity contribution < 1.29 is 14.3 Å². The Balaban J connectivity index is 1.27. The molecule has 1 saturated carbocycles. The van der Waals surface area contributed by atoms with E-state index in [9.17, 15) is 4.79 Å². The van der Waals surface area contributed by atoms with E-state index in [-0.39, 0.29) is 12.0 Å². The summed E-state index contributed by atoms with van der Waals surface area (Å²) in [6.45, 7) is 3.98. The molecule has 0 bridgehead atoms. The number of carbonyl (C=O) groups excluding carboxylic acids is 1. The maximum absolute atomic E-state index is 13.2. The number of para-hydroxylation sites is 1. The molecule has 0 radical (unpaired) electrons. The molecule has 32 heavy (non-hydrogen) atoms. The molecule has 0 unspecified atom stereocenters. The monoisotopic (exact) mass is 451 g/mol. The fourth-order valence-corrected chi connectivity index (χ4v) is 5.04. The number of nitrogens with one attached hydrogen (secondary N) is 1. The predicted molar refractivity (Wildman–Crippen MR) is 123 cm³/mol. The molecule has 166 valence electrons. The molecule has 1 N–H and O–H groups in total. The van der Waals surface area contributed by atoms with Crippen molar-refractivity contribution in [3.05, 3.63) is 65.3 Å². The van der Waals surface area contributed by atoms with Crippen LogP contribution in [0.2, 0.25) is 5.02 Å². The molecule has 1 aliphatic heterocycles. The molecule has 0 spiro atoms. The van der Waals surface area contributed by atoms with Crippen molar-refractivity contribution in [2.45, 2.75) is 25.9 Å². The third-order valence-corrected chi connectivity index (χ3v) is 6.70. The van der Waals surface area contributed by atoms with E-state index in [2.05, 4.69) is 10.2 Å². The zero-order valence-electron chi connectivity index (χ0n) is 18.0. The standard InChI is InChI=1S/C25H26ClN3O3/c1-2-31-23-6-4-3-5-19(23)21-13-22(28-27-21)25(30)29-14-16-7-12-24(20(16)15-29)32-18-10-8-17(26)9-11-18/h3-6,8-11,13,16,20,24H,2,7,12,14-15H2,1H3,(H,27,28)/t16-,20+,24-/m0/s1. The lowest BCUT2D eigenvalue weighted by molar-refractivity contribution is 0.0756. The number of likely N-dealkylation sites (tertiary alicyclic amines) is 1. The van der Waals surface area contributed by atoms with Crippen molar-refractivity contribution in [1.29, 1.82) is 0 Å². The minimum Gasteiger partial charge on any atom is -0.493 e. The molecule has 1 amide bonds. The number of H-pyrrole nitrogens is 1. The second-order valence-corrected chi connectivity index (χ2v) is 8.85. The fourth-order valence-electron chi connectivity index (χ4n) is 4.91. The number of rotatable bonds is 6. The van der Waals surface area contributed by atoms with E-state index in [0.29, 0.717) is 41.4 Å². The van der Waals surface area contributed by atoms with Crippen LogP contribution in [0, 0.1) is 11.8 Å². The van der Waals surface area contributed by atoms with Gasteiger partial charge in [0.25, 0.3) is 5.91 Å². The molecule has 3 atom stereocenters. The van der Waals surface area contributed by atoms with Crippen molar-refractivity contribution in [2.24, 2.45) is 11.8 Å². The van der Waals surface area contributed by atoms with E-state index < -0.39 is 0 Å². The summed E-state index contributed by atoms with van der Waals surface area (Å²) in [6.07, 6.45) is 2.21. The summed E-state index contributed by atoms with van der Waals surface area (Å²) >= 11 is 5.98. The highest BCUT2D eigenvalue weighted by molar-refractivity contribution is 6.30. The molecule has 7 heteroatoms. The van der Waals surface area contributed by atoms with Gasteiger partial charge in [-0.3, -0.25) is 9.89 Å². The summed E-state index contributed by atoms with van der Waals surface area (Å²) in [4.78, 5) is 15.1. The number of amides is 1. The van der Waals surface area contributed by atoms with Crippen LogP contribution >= 0.6 is 11.6 Å². The third-order valence-electron chi connectivity index (χ3n) is 6.45. The first-order valence-corrected chi connectivity index (χ1v) is 11.5. The topological polar surface area (TPSA) is 67.4 Å². The summed E-state index contributed by atoms with van der Waals surface area (Å²) < 4.78 is 12.0. The molecule has 2 heterocycles. The van der Waals surface area contributed by atoms with Crippen LogP contribution < -0.4 is 9.47 Å². The summed E-state index contributed by atoms with van der Waals surface area (Å²) in [5, 5.41) is 8.01. The Hall–Kier alpha value is -2.99. The largest absolute Gasteiger partial charge is 0.493 e. The quantitative estimate of drug-likeness (QED) is 0.569. The van der Waals surface area contributed by atoms with Crippen LogP contribution in [0.5, 0.6) is 11.5 Å². The van der Waals surface area contributed by atoms with Gasteiger partial charge in [0, 0.05) is 29.6 Å². The molecule has 2 fully saturated rings. The average molecular weight is 452 g/mol. The number of nitrogens with zero attached hydrogens (tertiary/aromatic N) is 2. The second-order valence-electron chi connectivity index (χ2n) is 8.42. The molecule has 3 aromatic rings. The first-order chi connectivity index (χ1) is 15.6. The second kappa shape index (κ2) is 8.87.